The van der Waals surface area contributed by atoms with Crippen LogP contribution >= 0.6 is 0 Å². The minimum Gasteiger partial charge on any atom is -0.494 e. The van der Waals surface area contributed by atoms with E-state index >= 15 is 0 Å². The van der Waals surface area contributed by atoms with Gasteiger partial charge in [0, 0.05) is 36.8 Å². The van der Waals surface area contributed by atoms with E-state index in [0.29, 0.717) is 72.2 Å². The average molecular weight is 570 g/mol. The Bertz CT molecular complexity index is 1730. The van der Waals surface area contributed by atoms with Crippen LogP contribution in [-0.4, -0.2) is 74.9 Å². The summed E-state index contributed by atoms with van der Waals surface area (Å²) in [4.78, 5) is 33.6. The van der Waals surface area contributed by atoms with E-state index in [-0.39, 0.29) is 12.3 Å². The van der Waals surface area contributed by atoms with Crippen LogP contribution in [0.25, 0.3) is 16.9 Å². The third-order valence-corrected chi connectivity index (χ3v) is 6.78. The highest BCUT2D eigenvalue weighted by molar-refractivity contribution is 5.98. The van der Waals surface area contributed by atoms with Crippen molar-refractivity contribution in [2.45, 2.75) is 32.0 Å². The number of carbonyl (C=O) groups is 2. The number of nitrogens with zero attached hydrogens (tertiary/aromatic N) is 8. The molecule has 3 N–H and O–H groups in total. The first-order valence-corrected chi connectivity index (χ1v) is 13.4. The van der Waals surface area contributed by atoms with E-state index in [1.807, 2.05) is 30.3 Å². The summed E-state index contributed by atoms with van der Waals surface area (Å²) in [5.41, 5.74) is 3.59. The zero-order chi connectivity index (χ0) is 29.1. The zero-order valence-corrected chi connectivity index (χ0v) is 22.4. The second-order valence-corrected chi connectivity index (χ2v) is 9.67. The molecule has 214 valence electrons. The molecular formula is C28H27N9O5. The smallest absolute Gasteiger partial charge is 0.303 e. The fourth-order valence-corrected chi connectivity index (χ4v) is 4.72. The van der Waals surface area contributed by atoms with Gasteiger partial charge in [0.15, 0.2) is 17.4 Å². The van der Waals surface area contributed by atoms with E-state index < -0.39 is 12.2 Å². The van der Waals surface area contributed by atoms with Crippen molar-refractivity contribution in [1.29, 1.82) is 0 Å². The van der Waals surface area contributed by atoms with Gasteiger partial charge >= 0.3 is 5.97 Å². The number of aliphatic hydroxyl groups excluding tert-OH is 1. The van der Waals surface area contributed by atoms with Crippen molar-refractivity contribution >= 4 is 34.7 Å². The van der Waals surface area contributed by atoms with Gasteiger partial charge in [0.2, 0.25) is 5.95 Å². The number of amides is 1. The van der Waals surface area contributed by atoms with Gasteiger partial charge in [-0.05, 0) is 43.2 Å². The second-order valence-electron chi connectivity index (χ2n) is 9.67. The highest BCUT2D eigenvalue weighted by atomic mass is 16.5. The summed E-state index contributed by atoms with van der Waals surface area (Å²) < 4.78 is 9.12. The van der Waals surface area contributed by atoms with Crippen LogP contribution in [0.2, 0.25) is 0 Å². The topological polar surface area (TPSA) is 173 Å². The molecule has 0 saturated heterocycles. The minimum atomic E-state index is -0.932. The molecule has 2 aromatic carbocycles. The zero-order valence-electron chi connectivity index (χ0n) is 22.4. The number of rotatable bonds is 12. The van der Waals surface area contributed by atoms with Crippen LogP contribution in [0.3, 0.4) is 0 Å². The molecular weight excluding hydrogens is 542 g/mol. The number of carboxylic acid groups (broad SMARTS) is 1. The first-order chi connectivity index (χ1) is 20.5. The molecule has 1 atom stereocenters. The van der Waals surface area contributed by atoms with Crippen LogP contribution in [0.5, 0.6) is 5.75 Å². The number of aliphatic carboxylic acids is 1. The van der Waals surface area contributed by atoms with Gasteiger partial charge in [-0.3, -0.25) is 14.3 Å². The molecule has 1 unspecified atom stereocenters. The quantitative estimate of drug-likeness (QED) is 0.189. The molecule has 0 saturated carbocycles. The fraction of sp³-hybridized carbons (Fsp3) is 0.250. The normalized spacial score (nSPS) is 14.4. The van der Waals surface area contributed by atoms with Gasteiger partial charge in [-0.15, -0.1) is 5.10 Å². The molecule has 0 aliphatic carbocycles. The van der Waals surface area contributed by atoms with Crippen LogP contribution in [-0.2, 0) is 11.3 Å². The van der Waals surface area contributed by atoms with Gasteiger partial charge in [-0.1, -0.05) is 23.4 Å². The lowest BCUT2D eigenvalue weighted by atomic mass is 10.1. The van der Waals surface area contributed by atoms with Gasteiger partial charge in [0.1, 0.15) is 5.75 Å². The van der Waals surface area contributed by atoms with E-state index in [9.17, 15) is 14.7 Å². The van der Waals surface area contributed by atoms with E-state index in [1.165, 1.54) is 4.90 Å². The van der Waals surface area contributed by atoms with E-state index in [2.05, 4.69) is 30.7 Å². The number of aryl methyl sites for hydroxylation is 1. The highest BCUT2D eigenvalue weighted by Gasteiger charge is 2.34. The molecule has 1 aliphatic rings. The Balaban J connectivity index is 1.05. The lowest BCUT2D eigenvalue weighted by molar-refractivity contribution is -0.137. The van der Waals surface area contributed by atoms with Gasteiger partial charge in [0.25, 0.3) is 5.91 Å². The SMILES string of the molecule is O=C(O)CCCn1cc(Nc2ncc3nnn(-c4ccc(OCCCN5C(=O)c6ccccc6C5O)cc4)c3n2)cn1. The Morgan fingerprint density at radius 1 is 1.05 bits per heavy atom. The maximum atomic E-state index is 12.6. The predicted molar refractivity (Wildman–Crippen MR) is 149 cm³/mol. The largest absolute Gasteiger partial charge is 0.494 e. The van der Waals surface area contributed by atoms with Crippen LogP contribution < -0.4 is 10.1 Å². The number of aliphatic hydroxyl groups is 1. The number of benzene rings is 2. The van der Waals surface area contributed by atoms with Crippen LogP contribution in [0.1, 0.15) is 41.4 Å². The van der Waals surface area contributed by atoms with Gasteiger partial charge in [-0.2, -0.15) is 14.8 Å². The highest BCUT2D eigenvalue weighted by Crippen LogP contribution is 2.31. The number of carbonyl (C=O) groups excluding carboxylic acids is 1. The van der Waals surface area contributed by atoms with E-state index in [1.54, 1.807) is 46.2 Å². The molecule has 5 aromatic rings. The van der Waals surface area contributed by atoms with Crippen LogP contribution in [0.15, 0.2) is 67.1 Å². The lowest BCUT2D eigenvalue weighted by Crippen LogP contribution is -2.29. The number of carboxylic acids is 1. The third-order valence-electron chi connectivity index (χ3n) is 6.78. The predicted octanol–water partition coefficient (Wildman–Crippen LogP) is 2.93. The Hall–Kier alpha value is -5.37. The Morgan fingerprint density at radius 3 is 2.69 bits per heavy atom. The lowest BCUT2D eigenvalue weighted by Gasteiger charge is -2.20. The van der Waals surface area contributed by atoms with Gasteiger partial charge in [0.05, 0.1) is 30.4 Å². The summed E-state index contributed by atoms with van der Waals surface area (Å²) in [7, 11) is 0. The van der Waals surface area contributed by atoms with Crippen molar-refractivity contribution in [2.75, 3.05) is 18.5 Å². The average Bonchev–Trinajstić information content (AvgIpc) is 3.69. The van der Waals surface area contributed by atoms with Crippen molar-refractivity contribution in [3.63, 3.8) is 0 Å². The standard InChI is InChI=1S/C28H27N9O5/c38-24(39)7-3-12-35-17-18(15-30-35)31-28-29-16-23-25(32-28)37(34-33-23)19-8-10-20(11-9-19)42-14-4-13-36-26(40)21-5-1-2-6-22(21)27(36)41/h1-2,5-6,8-11,15-17,26,40H,3-4,7,12-14H2,(H,38,39)(H,29,31,32). The maximum absolute atomic E-state index is 12.6. The summed E-state index contributed by atoms with van der Waals surface area (Å²) in [5, 5.41) is 35.0. The summed E-state index contributed by atoms with van der Waals surface area (Å²) in [6.07, 6.45) is 5.13. The van der Waals surface area contributed by atoms with Gasteiger partial charge in [-0.25, -0.2) is 4.98 Å². The molecule has 42 heavy (non-hydrogen) atoms. The van der Waals surface area contributed by atoms with Crippen molar-refractivity contribution < 1.29 is 24.5 Å². The van der Waals surface area contributed by atoms with E-state index in [4.69, 9.17) is 9.84 Å². The van der Waals surface area contributed by atoms with Crippen molar-refractivity contribution in [3.8, 4) is 11.4 Å². The Labute approximate surface area is 239 Å². The molecule has 14 nitrogen and oxygen atoms in total. The Kier molecular flexibility index (Phi) is 7.43. The number of ether oxygens (including phenoxy) is 1. The molecule has 1 amide bonds. The molecule has 14 heteroatoms. The number of anilines is 2. The summed E-state index contributed by atoms with van der Waals surface area (Å²) >= 11 is 0. The summed E-state index contributed by atoms with van der Waals surface area (Å²) in [6, 6.07) is 14.4. The molecule has 0 radical (unpaired) electrons. The summed E-state index contributed by atoms with van der Waals surface area (Å²) in [5.74, 6) is -0.0275. The summed E-state index contributed by atoms with van der Waals surface area (Å²) in [6.45, 7) is 1.23. The van der Waals surface area contributed by atoms with Crippen molar-refractivity contribution in [3.05, 3.63) is 78.2 Å². The van der Waals surface area contributed by atoms with Crippen molar-refractivity contribution in [1.82, 2.24) is 39.6 Å². The van der Waals surface area contributed by atoms with Gasteiger partial charge < -0.3 is 25.2 Å². The first-order valence-electron chi connectivity index (χ1n) is 13.4. The maximum Gasteiger partial charge on any atom is 0.303 e. The number of fused-ring (bicyclic) bond motifs is 2. The number of nitrogens with one attached hydrogen (secondary N) is 1. The molecule has 0 spiro atoms. The Morgan fingerprint density at radius 2 is 1.88 bits per heavy atom. The monoisotopic (exact) mass is 569 g/mol. The molecule has 4 heterocycles. The molecule has 3 aromatic heterocycles. The third kappa shape index (κ3) is 5.60. The second kappa shape index (κ2) is 11.6. The molecule has 6 rings (SSSR count). The minimum absolute atomic E-state index is 0.0774. The first kappa shape index (κ1) is 26.8. The van der Waals surface area contributed by atoms with E-state index in [0.717, 1.165) is 5.69 Å². The molecule has 0 fully saturated rings. The van der Waals surface area contributed by atoms with Crippen LogP contribution in [0.4, 0.5) is 11.6 Å². The number of hydrogen-bond donors (Lipinski definition) is 3. The number of aromatic nitrogens is 7. The molecule has 0 bridgehead atoms. The van der Waals surface area contributed by atoms with Crippen LogP contribution in [0, 0.1) is 0 Å². The molecule has 1 aliphatic heterocycles. The number of hydrogen-bond acceptors (Lipinski definition) is 10. The fourth-order valence-electron chi connectivity index (χ4n) is 4.72. The van der Waals surface area contributed by atoms with Crippen molar-refractivity contribution in [2.24, 2.45) is 0 Å².